The van der Waals surface area contributed by atoms with Crippen molar-refractivity contribution in [2.75, 3.05) is 0 Å². The molecule has 2 saturated heterocycles. The number of aliphatic hydroxyl groups excluding tert-OH is 1. The van der Waals surface area contributed by atoms with Crippen molar-refractivity contribution in [2.45, 2.75) is 43.9 Å². The van der Waals surface area contributed by atoms with Crippen LogP contribution in [-0.2, 0) is 0 Å². The third-order valence-electron chi connectivity index (χ3n) is 2.71. The van der Waals surface area contributed by atoms with Gasteiger partial charge in [0.25, 0.3) is 0 Å². The molecule has 58 valence electrons. The van der Waals surface area contributed by atoms with E-state index in [9.17, 15) is 10.3 Å². The molecular formula is C7H13NO2. The van der Waals surface area contributed by atoms with E-state index in [-0.39, 0.29) is 18.2 Å². The predicted octanol–water partition coefficient (Wildman–Crippen LogP) is 0.363. The topological polar surface area (TPSA) is 43.7 Å². The number of fused-ring (bicyclic) bond motifs is 2. The zero-order valence-electron chi connectivity index (χ0n) is 5.90. The summed E-state index contributed by atoms with van der Waals surface area (Å²) < 4.78 is 0. The van der Waals surface area contributed by atoms with Gasteiger partial charge >= 0.3 is 0 Å². The molecule has 2 rings (SSSR count). The predicted molar refractivity (Wildman–Crippen MR) is 35.7 cm³/mol. The molecule has 3 unspecified atom stereocenters. The maximum atomic E-state index is 9.37. The van der Waals surface area contributed by atoms with Gasteiger partial charge < -0.3 is 10.3 Å². The maximum absolute atomic E-state index is 9.37. The Bertz CT molecular complexity index is 140. The third-order valence-corrected chi connectivity index (χ3v) is 2.71. The van der Waals surface area contributed by atoms with E-state index in [1.165, 1.54) is 5.06 Å². The van der Waals surface area contributed by atoms with Gasteiger partial charge in [-0.2, -0.15) is 5.06 Å². The van der Waals surface area contributed by atoms with Crippen LogP contribution in [0.5, 0.6) is 0 Å². The summed E-state index contributed by atoms with van der Waals surface area (Å²) in [5.74, 6) is 0. The first kappa shape index (κ1) is 6.58. The van der Waals surface area contributed by atoms with E-state index >= 15 is 0 Å². The second kappa shape index (κ2) is 2.19. The lowest BCUT2D eigenvalue weighted by molar-refractivity contribution is -0.158. The highest BCUT2D eigenvalue weighted by atomic mass is 16.5. The fourth-order valence-electron chi connectivity index (χ4n) is 2.13. The van der Waals surface area contributed by atoms with E-state index in [0.717, 1.165) is 25.7 Å². The molecule has 0 aromatic rings. The largest absolute Gasteiger partial charge is 0.391 e. The highest BCUT2D eigenvalue weighted by Gasteiger charge is 2.42. The minimum Gasteiger partial charge on any atom is -0.391 e. The average molecular weight is 143 g/mol. The number of aliphatic hydroxyl groups is 1. The van der Waals surface area contributed by atoms with Crippen molar-refractivity contribution in [3.63, 3.8) is 0 Å². The molecule has 2 aliphatic heterocycles. The summed E-state index contributed by atoms with van der Waals surface area (Å²) >= 11 is 0. The van der Waals surface area contributed by atoms with Crippen LogP contribution in [0.4, 0.5) is 0 Å². The molecule has 2 aliphatic rings. The van der Waals surface area contributed by atoms with Crippen LogP contribution in [0.2, 0.25) is 0 Å². The SMILES string of the molecule is OC1CC2CCCC1N2O. The molecule has 3 atom stereocenters. The molecule has 0 aromatic heterocycles. The summed E-state index contributed by atoms with van der Waals surface area (Å²) in [4.78, 5) is 0. The summed E-state index contributed by atoms with van der Waals surface area (Å²) in [7, 11) is 0. The number of hydroxylamine groups is 2. The molecule has 0 radical (unpaired) electrons. The molecular weight excluding hydrogens is 130 g/mol. The quantitative estimate of drug-likeness (QED) is 0.514. The van der Waals surface area contributed by atoms with Crippen molar-refractivity contribution in [3.05, 3.63) is 0 Å². The maximum Gasteiger partial charge on any atom is 0.0734 e. The molecule has 3 heteroatoms. The minimum absolute atomic E-state index is 0.0405. The summed E-state index contributed by atoms with van der Waals surface area (Å²) in [6.07, 6.45) is 3.64. The smallest absolute Gasteiger partial charge is 0.0734 e. The first-order valence-corrected chi connectivity index (χ1v) is 3.94. The molecule has 0 aliphatic carbocycles. The monoisotopic (exact) mass is 143 g/mol. The van der Waals surface area contributed by atoms with Gasteiger partial charge in [-0.15, -0.1) is 0 Å². The molecule has 2 bridgehead atoms. The highest BCUT2D eigenvalue weighted by molar-refractivity contribution is 4.93. The van der Waals surface area contributed by atoms with Crippen molar-refractivity contribution in [1.82, 2.24) is 5.06 Å². The zero-order valence-corrected chi connectivity index (χ0v) is 5.90. The van der Waals surface area contributed by atoms with Gasteiger partial charge in [0.2, 0.25) is 0 Å². The lowest BCUT2D eigenvalue weighted by Crippen LogP contribution is -2.39. The molecule has 3 nitrogen and oxygen atoms in total. The van der Waals surface area contributed by atoms with Gasteiger partial charge in [0, 0.05) is 6.04 Å². The van der Waals surface area contributed by atoms with Crippen molar-refractivity contribution < 1.29 is 10.3 Å². The minimum atomic E-state index is -0.280. The zero-order chi connectivity index (χ0) is 7.14. The summed E-state index contributed by atoms with van der Waals surface area (Å²) in [5.41, 5.74) is 0. The molecule has 2 heterocycles. The number of hydrogen-bond acceptors (Lipinski definition) is 3. The number of nitrogens with zero attached hydrogens (tertiary/aromatic N) is 1. The van der Waals surface area contributed by atoms with E-state index in [0.29, 0.717) is 0 Å². The normalized spacial score (nSPS) is 48.0. The number of piperidine rings is 1. The van der Waals surface area contributed by atoms with Crippen LogP contribution >= 0.6 is 0 Å². The van der Waals surface area contributed by atoms with Crippen LogP contribution in [0.15, 0.2) is 0 Å². The van der Waals surface area contributed by atoms with Gasteiger partial charge in [-0.05, 0) is 19.3 Å². The van der Waals surface area contributed by atoms with Crippen molar-refractivity contribution in [2.24, 2.45) is 0 Å². The Kier molecular flexibility index (Phi) is 1.44. The van der Waals surface area contributed by atoms with Crippen LogP contribution in [-0.4, -0.2) is 33.6 Å². The van der Waals surface area contributed by atoms with Gasteiger partial charge in [-0.25, -0.2) is 0 Å². The Morgan fingerprint density at radius 3 is 2.70 bits per heavy atom. The van der Waals surface area contributed by atoms with E-state index in [4.69, 9.17) is 0 Å². The Hall–Kier alpha value is -0.120. The Labute approximate surface area is 60.2 Å². The lowest BCUT2D eigenvalue weighted by atomic mass is 10.1. The molecule has 0 amide bonds. The summed E-state index contributed by atoms with van der Waals surface area (Å²) in [6.45, 7) is 0. The fourth-order valence-corrected chi connectivity index (χ4v) is 2.13. The van der Waals surface area contributed by atoms with Gasteiger partial charge in [0.05, 0.1) is 12.1 Å². The van der Waals surface area contributed by atoms with E-state index < -0.39 is 0 Å². The molecule has 2 N–H and O–H groups in total. The van der Waals surface area contributed by atoms with Crippen molar-refractivity contribution >= 4 is 0 Å². The van der Waals surface area contributed by atoms with Gasteiger partial charge in [0.15, 0.2) is 0 Å². The van der Waals surface area contributed by atoms with Crippen LogP contribution in [0.25, 0.3) is 0 Å². The first-order valence-electron chi connectivity index (χ1n) is 3.94. The molecule has 0 aromatic carbocycles. The Morgan fingerprint density at radius 2 is 2.10 bits per heavy atom. The third kappa shape index (κ3) is 0.779. The van der Waals surface area contributed by atoms with E-state index in [1.807, 2.05) is 0 Å². The van der Waals surface area contributed by atoms with Crippen LogP contribution in [0.3, 0.4) is 0 Å². The summed E-state index contributed by atoms with van der Waals surface area (Å²) in [6, 6.07) is 0.285. The second-order valence-electron chi connectivity index (χ2n) is 3.34. The van der Waals surface area contributed by atoms with Crippen molar-refractivity contribution in [3.8, 4) is 0 Å². The van der Waals surface area contributed by atoms with Gasteiger partial charge in [0.1, 0.15) is 0 Å². The molecule has 0 saturated carbocycles. The molecule has 0 spiro atoms. The van der Waals surface area contributed by atoms with Gasteiger partial charge in [-0.3, -0.25) is 0 Å². The van der Waals surface area contributed by atoms with Gasteiger partial charge in [-0.1, -0.05) is 6.42 Å². The summed E-state index contributed by atoms with van der Waals surface area (Å²) in [5, 5.41) is 20.1. The average Bonchev–Trinajstić information content (AvgIpc) is 2.16. The Balaban J connectivity index is 2.14. The highest BCUT2D eigenvalue weighted by Crippen LogP contribution is 2.33. The molecule has 10 heavy (non-hydrogen) atoms. The molecule has 2 fully saturated rings. The fraction of sp³-hybridized carbons (Fsp3) is 1.00. The van der Waals surface area contributed by atoms with Crippen LogP contribution < -0.4 is 0 Å². The standard InChI is InChI=1S/C7H13NO2/c9-7-4-5-2-1-3-6(7)8(5)10/h5-7,9-10H,1-4H2. The first-order chi connectivity index (χ1) is 4.79. The number of rotatable bonds is 0. The van der Waals surface area contributed by atoms with E-state index in [2.05, 4.69) is 0 Å². The van der Waals surface area contributed by atoms with Crippen LogP contribution in [0.1, 0.15) is 25.7 Å². The number of hydrogen-bond donors (Lipinski definition) is 2. The lowest BCUT2D eigenvalue weighted by Gasteiger charge is -2.28. The van der Waals surface area contributed by atoms with Crippen LogP contribution in [0, 0.1) is 0 Å². The van der Waals surface area contributed by atoms with E-state index in [1.54, 1.807) is 0 Å². The van der Waals surface area contributed by atoms with Crippen molar-refractivity contribution in [1.29, 1.82) is 0 Å². The Morgan fingerprint density at radius 1 is 1.30 bits per heavy atom. The second-order valence-corrected chi connectivity index (χ2v) is 3.34.